The number of nitrogens with one attached hydrogen (secondary N) is 1. The minimum atomic E-state index is -0.373. The predicted octanol–water partition coefficient (Wildman–Crippen LogP) is 4.08. The number of anilines is 1. The first-order valence-electron chi connectivity index (χ1n) is 6.31. The summed E-state index contributed by atoms with van der Waals surface area (Å²) in [4.78, 5) is 21.2. The number of hydrogen-bond donors (Lipinski definition) is 1. The fourth-order valence-corrected chi connectivity index (χ4v) is 3.49. The molecular formula is C15H10FN3OS2. The van der Waals surface area contributed by atoms with Gasteiger partial charge < -0.3 is 0 Å². The zero-order chi connectivity index (χ0) is 15.4. The Balaban J connectivity index is 1.66. The molecule has 1 amide bonds. The van der Waals surface area contributed by atoms with Crippen LogP contribution in [0, 0.1) is 5.82 Å². The van der Waals surface area contributed by atoms with Crippen molar-refractivity contribution in [1.82, 2.24) is 9.97 Å². The number of halogens is 1. The van der Waals surface area contributed by atoms with E-state index >= 15 is 0 Å². The highest BCUT2D eigenvalue weighted by atomic mass is 32.2. The molecule has 0 aliphatic heterocycles. The van der Waals surface area contributed by atoms with E-state index in [2.05, 4.69) is 15.3 Å². The number of benzene rings is 1. The summed E-state index contributed by atoms with van der Waals surface area (Å²) in [5, 5.41) is 3.21. The first kappa shape index (κ1) is 14.7. The quantitative estimate of drug-likeness (QED) is 0.782. The normalized spacial score (nSPS) is 10.4. The first-order valence-corrected chi connectivity index (χ1v) is 7.94. The second-order valence-electron chi connectivity index (χ2n) is 4.23. The monoisotopic (exact) mass is 331 g/mol. The lowest BCUT2D eigenvalue weighted by Crippen LogP contribution is -2.11. The largest absolute Gasteiger partial charge is 0.298 e. The van der Waals surface area contributed by atoms with Gasteiger partial charge in [0.15, 0.2) is 5.13 Å². The van der Waals surface area contributed by atoms with Crippen molar-refractivity contribution in [2.75, 3.05) is 5.32 Å². The van der Waals surface area contributed by atoms with Gasteiger partial charge in [-0.1, -0.05) is 23.1 Å². The van der Waals surface area contributed by atoms with Crippen LogP contribution in [0.15, 0.2) is 64.1 Å². The molecule has 7 heteroatoms. The number of aromatic nitrogens is 2. The summed E-state index contributed by atoms with van der Waals surface area (Å²) in [6.07, 6.45) is 5.15. The van der Waals surface area contributed by atoms with Crippen LogP contribution < -0.4 is 5.32 Å². The van der Waals surface area contributed by atoms with Gasteiger partial charge >= 0.3 is 0 Å². The zero-order valence-electron chi connectivity index (χ0n) is 11.2. The molecule has 1 aromatic carbocycles. The van der Waals surface area contributed by atoms with E-state index in [1.54, 1.807) is 30.4 Å². The lowest BCUT2D eigenvalue weighted by atomic mass is 10.2. The summed E-state index contributed by atoms with van der Waals surface area (Å²) in [7, 11) is 0. The molecule has 22 heavy (non-hydrogen) atoms. The van der Waals surface area contributed by atoms with Gasteiger partial charge in [-0.3, -0.25) is 15.1 Å². The third-order valence-electron chi connectivity index (χ3n) is 2.68. The molecule has 0 saturated heterocycles. The summed E-state index contributed by atoms with van der Waals surface area (Å²) < 4.78 is 13.8. The van der Waals surface area contributed by atoms with E-state index in [4.69, 9.17) is 0 Å². The maximum absolute atomic E-state index is 12.8. The standard InChI is InChI=1S/C15H10FN3OS2/c16-11-3-1-10(2-4-11)14(20)19-15-18-9-13(22-15)21-12-5-7-17-8-6-12/h1-9H,(H,18,19,20). The van der Waals surface area contributed by atoms with E-state index in [1.807, 2.05) is 12.1 Å². The van der Waals surface area contributed by atoms with Gasteiger partial charge in [0.1, 0.15) is 5.82 Å². The van der Waals surface area contributed by atoms with Crippen molar-refractivity contribution in [3.63, 3.8) is 0 Å². The number of amides is 1. The Kier molecular flexibility index (Phi) is 4.45. The molecule has 0 unspecified atom stereocenters. The highest BCUT2D eigenvalue weighted by Crippen LogP contribution is 2.33. The summed E-state index contributed by atoms with van der Waals surface area (Å²) in [5.74, 6) is -0.684. The van der Waals surface area contributed by atoms with Gasteiger partial charge in [0.05, 0.1) is 10.4 Å². The molecule has 0 spiro atoms. The number of nitrogens with zero attached hydrogens (tertiary/aromatic N) is 2. The predicted molar refractivity (Wildman–Crippen MR) is 84.8 cm³/mol. The van der Waals surface area contributed by atoms with Crippen LogP contribution in [-0.4, -0.2) is 15.9 Å². The fraction of sp³-hybridized carbons (Fsp3) is 0. The Hall–Kier alpha value is -2.25. The van der Waals surface area contributed by atoms with Gasteiger partial charge in [-0.2, -0.15) is 0 Å². The lowest BCUT2D eigenvalue weighted by molar-refractivity contribution is 0.102. The maximum Gasteiger partial charge on any atom is 0.257 e. The molecule has 2 aromatic heterocycles. The molecule has 0 radical (unpaired) electrons. The molecule has 0 fully saturated rings. The van der Waals surface area contributed by atoms with Gasteiger partial charge in [0, 0.05) is 22.9 Å². The number of thiazole rings is 1. The molecule has 0 aliphatic carbocycles. The second-order valence-corrected chi connectivity index (χ2v) is 6.63. The Morgan fingerprint density at radius 2 is 1.86 bits per heavy atom. The van der Waals surface area contributed by atoms with Crippen molar-refractivity contribution in [2.24, 2.45) is 0 Å². The van der Waals surface area contributed by atoms with Crippen molar-refractivity contribution in [1.29, 1.82) is 0 Å². The third kappa shape index (κ3) is 3.69. The Morgan fingerprint density at radius 1 is 1.14 bits per heavy atom. The molecule has 2 heterocycles. The van der Waals surface area contributed by atoms with Gasteiger partial charge in [0.25, 0.3) is 5.91 Å². The van der Waals surface area contributed by atoms with E-state index in [-0.39, 0.29) is 11.7 Å². The number of rotatable bonds is 4. The summed E-state index contributed by atoms with van der Waals surface area (Å²) >= 11 is 2.93. The molecular weight excluding hydrogens is 321 g/mol. The van der Waals surface area contributed by atoms with Crippen LogP contribution in [0.25, 0.3) is 0 Å². The lowest BCUT2D eigenvalue weighted by Gasteiger charge is -2.01. The second kappa shape index (κ2) is 6.67. The smallest absolute Gasteiger partial charge is 0.257 e. The molecule has 3 rings (SSSR count). The number of carbonyl (C=O) groups is 1. The average molecular weight is 331 g/mol. The van der Waals surface area contributed by atoms with Gasteiger partial charge in [-0.15, -0.1) is 0 Å². The van der Waals surface area contributed by atoms with E-state index < -0.39 is 0 Å². The fourth-order valence-electron chi connectivity index (χ4n) is 1.66. The van der Waals surface area contributed by atoms with Crippen LogP contribution in [0.3, 0.4) is 0 Å². The van der Waals surface area contributed by atoms with Gasteiger partial charge in [-0.05, 0) is 36.4 Å². The van der Waals surface area contributed by atoms with Crippen LogP contribution >= 0.6 is 23.1 Å². The van der Waals surface area contributed by atoms with E-state index in [1.165, 1.54) is 35.6 Å². The van der Waals surface area contributed by atoms with Crippen LogP contribution in [-0.2, 0) is 0 Å². The molecule has 0 aliphatic rings. The average Bonchev–Trinajstić information content (AvgIpc) is 2.96. The summed E-state index contributed by atoms with van der Waals surface area (Å²) in [5.41, 5.74) is 0.389. The van der Waals surface area contributed by atoms with E-state index in [9.17, 15) is 9.18 Å². The number of carbonyl (C=O) groups excluding carboxylic acids is 1. The number of pyridine rings is 1. The summed E-state index contributed by atoms with van der Waals surface area (Å²) in [6, 6.07) is 9.18. The Bertz CT molecular complexity index is 775. The molecule has 0 saturated carbocycles. The molecule has 4 nitrogen and oxygen atoms in total. The first-order chi connectivity index (χ1) is 10.7. The maximum atomic E-state index is 12.8. The number of hydrogen-bond acceptors (Lipinski definition) is 5. The summed E-state index contributed by atoms with van der Waals surface area (Å²) in [6.45, 7) is 0. The van der Waals surface area contributed by atoms with Crippen molar-refractivity contribution in [2.45, 2.75) is 9.10 Å². The SMILES string of the molecule is O=C(Nc1ncc(Sc2ccncc2)s1)c1ccc(F)cc1. The molecule has 0 bridgehead atoms. The molecule has 1 N–H and O–H groups in total. The third-order valence-corrected chi connectivity index (χ3v) is 4.70. The van der Waals surface area contributed by atoms with Crippen molar-refractivity contribution in [3.8, 4) is 0 Å². The Morgan fingerprint density at radius 3 is 2.59 bits per heavy atom. The van der Waals surface area contributed by atoms with Gasteiger partial charge in [-0.25, -0.2) is 9.37 Å². The topological polar surface area (TPSA) is 54.9 Å². The van der Waals surface area contributed by atoms with Crippen molar-refractivity contribution >= 4 is 34.1 Å². The minimum absolute atomic E-state index is 0.310. The van der Waals surface area contributed by atoms with E-state index in [0.717, 1.165) is 9.10 Å². The van der Waals surface area contributed by atoms with Gasteiger partial charge in [0.2, 0.25) is 0 Å². The van der Waals surface area contributed by atoms with Crippen LogP contribution in [0.5, 0.6) is 0 Å². The van der Waals surface area contributed by atoms with Crippen molar-refractivity contribution < 1.29 is 9.18 Å². The van der Waals surface area contributed by atoms with Crippen LogP contribution in [0.1, 0.15) is 10.4 Å². The molecule has 110 valence electrons. The van der Waals surface area contributed by atoms with Crippen LogP contribution in [0.4, 0.5) is 9.52 Å². The van der Waals surface area contributed by atoms with E-state index in [0.29, 0.717) is 10.7 Å². The molecule has 3 aromatic rings. The zero-order valence-corrected chi connectivity index (χ0v) is 12.8. The highest BCUT2D eigenvalue weighted by Gasteiger charge is 2.10. The highest BCUT2D eigenvalue weighted by molar-refractivity contribution is 8.01. The minimum Gasteiger partial charge on any atom is -0.298 e. The Labute approximate surface area is 134 Å². The van der Waals surface area contributed by atoms with Crippen molar-refractivity contribution in [3.05, 3.63) is 66.4 Å². The molecule has 0 atom stereocenters. The van der Waals surface area contributed by atoms with Crippen LogP contribution in [0.2, 0.25) is 0 Å².